The van der Waals surface area contributed by atoms with E-state index < -0.39 is 12.0 Å². The number of hydrogen-bond donors (Lipinski definition) is 2. The van der Waals surface area contributed by atoms with Crippen molar-refractivity contribution in [3.63, 3.8) is 0 Å². The van der Waals surface area contributed by atoms with Crippen LogP contribution in [0.4, 0.5) is 4.79 Å². The van der Waals surface area contributed by atoms with Crippen molar-refractivity contribution in [2.75, 3.05) is 26.2 Å². The van der Waals surface area contributed by atoms with Crippen molar-refractivity contribution in [1.82, 2.24) is 15.1 Å². The zero-order valence-corrected chi connectivity index (χ0v) is 15.5. The van der Waals surface area contributed by atoms with Gasteiger partial charge in [-0.3, -0.25) is 9.59 Å². The van der Waals surface area contributed by atoms with E-state index in [0.717, 1.165) is 37.9 Å². The monoisotopic (exact) mass is 373 g/mol. The van der Waals surface area contributed by atoms with Gasteiger partial charge in [-0.2, -0.15) is 0 Å². The normalized spacial score (nSPS) is 21.0. The molecule has 7 nitrogen and oxygen atoms in total. The molecule has 146 valence electrons. The molecular formula is C20H27N3O4. The van der Waals surface area contributed by atoms with Crippen molar-refractivity contribution >= 4 is 17.9 Å². The zero-order valence-electron chi connectivity index (χ0n) is 15.5. The Bertz CT molecular complexity index is 673. The second kappa shape index (κ2) is 8.88. The number of carboxylic acid groups (broad SMARTS) is 1. The van der Waals surface area contributed by atoms with Crippen LogP contribution in [-0.2, 0) is 9.59 Å². The summed E-state index contributed by atoms with van der Waals surface area (Å²) in [6.45, 7) is 2.66. The minimum Gasteiger partial charge on any atom is -0.481 e. The summed E-state index contributed by atoms with van der Waals surface area (Å²) in [4.78, 5) is 40.2. The number of nitrogens with one attached hydrogen (secondary N) is 1. The lowest BCUT2D eigenvalue weighted by atomic mass is 9.95. The first-order valence-electron chi connectivity index (χ1n) is 9.65. The fourth-order valence-corrected chi connectivity index (χ4v) is 3.88. The third-order valence-electron chi connectivity index (χ3n) is 5.34. The number of carbonyl (C=O) groups is 3. The van der Waals surface area contributed by atoms with Gasteiger partial charge in [-0.15, -0.1) is 0 Å². The third-order valence-corrected chi connectivity index (χ3v) is 5.34. The number of benzene rings is 1. The van der Waals surface area contributed by atoms with Gasteiger partial charge in [-0.1, -0.05) is 30.3 Å². The highest BCUT2D eigenvalue weighted by Gasteiger charge is 2.32. The molecule has 2 atom stereocenters. The molecule has 0 aliphatic carbocycles. The number of piperidine rings is 1. The largest absolute Gasteiger partial charge is 0.481 e. The molecule has 2 unspecified atom stereocenters. The number of nitrogens with zero attached hydrogens (tertiary/aromatic N) is 2. The lowest BCUT2D eigenvalue weighted by Gasteiger charge is -2.35. The van der Waals surface area contributed by atoms with E-state index in [1.165, 1.54) is 0 Å². The van der Waals surface area contributed by atoms with Crippen molar-refractivity contribution in [2.45, 2.75) is 38.1 Å². The van der Waals surface area contributed by atoms with Crippen molar-refractivity contribution < 1.29 is 19.5 Å². The number of rotatable bonds is 5. The number of likely N-dealkylation sites (tertiary alicyclic amines) is 2. The number of amides is 3. The average Bonchev–Trinajstić information content (AvgIpc) is 3.22. The van der Waals surface area contributed by atoms with Gasteiger partial charge in [0.25, 0.3) is 0 Å². The highest BCUT2D eigenvalue weighted by molar-refractivity contribution is 5.82. The minimum absolute atomic E-state index is 0.0233. The van der Waals surface area contributed by atoms with Gasteiger partial charge in [0.15, 0.2) is 0 Å². The Kier molecular flexibility index (Phi) is 6.32. The Labute approximate surface area is 159 Å². The molecule has 0 radical (unpaired) electrons. The summed E-state index contributed by atoms with van der Waals surface area (Å²) in [6.07, 6.45) is 3.41. The number of aliphatic carboxylic acids is 1. The highest BCUT2D eigenvalue weighted by Crippen LogP contribution is 2.22. The SMILES string of the molecule is O=C(O)CC(NC(=O)C1CCCN(C(=O)N2CCCC2)C1)c1ccccc1. The van der Waals surface area contributed by atoms with Crippen LogP contribution in [0.3, 0.4) is 0 Å². The summed E-state index contributed by atoms with van der Waals surface area (Å²) in [5.41, 5.74) is 0.772. The molecule has 1 aromatic carbocycles. The predicted octanol–water partition coefficient (Wildman–Crippen LogP) is 2.25. The number of urea groups is 1. The quantitative estimate of drug-likeness (QED) is 0.828. The summed E-state index contributed by atoms with van der Waals surface area (Å²) in [5.74, 6) is -1.44. The molecular weight excluding hydrogens is 346 g/mol. The van der Waals surface area contributed by atoms with Gasteiger partial charge in [0.2, 0.25) is 5.91 Å². The molecule has 2 aliphatic heterocycles. The van der Waals surface area contributed by atoms with Gasteiger partial charge < -0.3 is 20.2 Å². The van der Waals surface area contributed by atoms with Crippen LogP contribution in [0, 0.1) is 5.92 Å². The van der Waals surface area contributed by atoms with Gasteiger partial charge in [0.05, 0.1) is 18.4 Å². The van der Waals surface area contributed by atoms with E-state index in [1.54, 1.807) is 4.90 Å². The second-order valence-electron chi connectivity index (χ2n) is 7.33. The lowest BCUT2D eigenvalue weighted by molar-refractivity contribution is -0.138. The van der Waals surface area contributed by atoms with Crippen LogP contribution in [0.2, 0.25) is 0 Å². The zero-order chi connectivity index (χ0) is 19.2. The molecule has 0 aromatic heterocycles. The highest BCUT2D eigenvalue weighted by atomic mass is 16.4. The molecule has 0 spiro atoms. The van der Waals surface area contributed by atoms with Crippen molar-refractivity contribution in [2.24, 2.45) is 5.92 Å². The Balaban J connectivity index is 1.62. The maximum absolute atomic E-state index is 12.8. The van der Waals surface area contributed by atoms with Crippen molar-refractivity contribution in [1.29, 1.82) is 0 Å². The summed E-state index contributed by atoms with van der Waals surface area (Å²) < 4.78 is 0. The number of carbonyl (C=O) groups excluding carboxylic acids is 2. The minimum atomic E-state index is -0.960. The maximum Gasteiger partial charge on any atom is 0.320 e. The Morgan fingerprint density at radius 2 is 1.70 bits per heavy atom. The van der Waals surface area contributed by atoms with E-state index in [1.807, 2.05) is 35.2 Å². The fraction of sp³-hybridized carbons (Fsp3) is 0.550. The molecule has 0 bridgehead atoms. The smallest absolute Gasteiger partial charge is 0.320 e. The van der Waals surface area contributed by atoms with Crippen molar-refractivity contribution in [3.8, 4) is 0 Å². The van der Waals surface area contributed by atoms with E-state index in [-0.39, 0.29) is 24.3 Å². The Morgan fingerprint density at radius 1 is 1.04 bits per heavy atom. The maximum atomic E-state index is 12.8. The topological polar surface area (TPSA) is 90.0 Å². The second-order valence-corrected chi connectivity index (χ2v) is 7.33. The van der Waals surface area contributed by atoms with E-state index >= 15 is 0 Å². The van der Waals surface area contributed by atoms with Crippen LogP contribution in [0.15, 0.2) is 30.3 Å². The van der Waals surface area contributed by atoms with E-state index in [0.29, 0.717) is 19.5 Å². The number of carboxylic acids is 1. The van der Waals surface area contributed by atoms with Gasteiger partial charge >= 0.3 is 12.0 Å². The molecule has 2 aliphatic rings. The molecule has 0 saturated carbocycles. The molecule has 1 aromatic rings. The van der Waals surface area contributed by atoms with Gasteiger partial charge in [-0.05, 0) is 31.2 Å². The molecule has 3 rings (SSSR count). The first kappa shape index (κ1) is 19.2. The lowest BCUT2D eigenvalue weighted by Crippen LogP contribution is -2.50. The Hall–Kier alpha value is -2.57. The molecule has 2 heterocycles. The van der Waals surface area contributed by atoms with Gasteiger partial charge in [0.1, 0.15) is 0 Å². The molecule has 7 heteroatoms. The number of hydrogen-bond acceptors (Lipinski definition) is 3. The first-order valence-corrected chi connectivity index (χ1v) is 9.65. The van der Waals surface area contributed by atoms with Crippen LogP contribution in [-0.4, -0.2) is 59.0 Å². The summed E-state index contributed by atoms with van der Waals surface area (Å²) in [5, 5.41) is 12.1. The van der Waals surface area contributed by atoms with Crippen LogP contribution in [0.1, 0.15) is 43.7 Å². The summed E-state index contributed by atoms with van der Waals surface area (Å²) in [7, 11) is 0. The molecule has 2 N–H and O–H groups in total. The van der Waals surface area contributed by atoms with Crippen LogP contribution in [0.25, 0.3) is 0 Å². The van der Waals surface area contributed by atoms with E-state index in [2.05, 4.69) is 5.32 Å². The average molecular weight is 373 g/mol. The van der Waals surface area contributed by atoms with Crippen molar-refractivity contribution in [3.05, 3.63) is 35.9 Å². The molecule has 27 heavy (non-hydrogen) atoms. The van der Waals surface area contributed by atoms with Gasteiger partial charge in [-0.25, -0.2) is 4.79 Å². The summed E-state index contributed by atoms with van der Waals surface area (Å²) in [6, 6.07) is 8.60. The molecule has 2 fully saturated rings. The third kappa shape index (κ3) is 4.99. The summed E-state index contributed by atoms with van der Waals surface area (Å²) >= 11 is 0. The van der Waals surface area contributed by atoms with Crippen LogP contribution >= 0.6 is 0 Å². The molecule has 3 amide bonds. The fourth-order valence-electron chi connectivity index (χ4n) is 3.88. The molecule has 2 saturated heterocycles. The van der Waals surface area contributed by atoms with Crippen LogP contribution < -0.4 is 5.32 Å². The first-order chi connectivity index (χ1) is 13.0. The van der Waals surface area contributed by atoms with E-state index in [9.17, 15) is 19.5 Å². The standard InChI is InChI=1S/C20H27N3O4/c24-18(25)13-17(15-7-2-1-3-8-15)21-19(26)16-9-6-12-23(14-16)20(27)22-10-4-5-11-22/h1-3,7-8,16-17H,4-6,9-14H2,(H,21,26)(H,24,25). The van der Waals surface area contributed by atoms with Gasteiger partial charge in [0, 0.05) is 26.2 Å². The van der Waals surface area contributed by atoms with E-state index in [4.69, 9.17) is 0 Å². The predicted molar refractivity (Wildman–Crippen MR) is 100 cm³/mol. The van der Waals surface area contributed by atoms with Crippen LogP contribution in [0.5, 0.6) is 0 Å². The Morgan fingerprint density at radius 3 is 2.37 bits per heavy atom.